The smallest absolute Gasteiger partial charge is 0.321 e. The van der Waals surface area contributed by atoms with Gasteiger partial charge in [-0.25, -0.2) is 4.79 Å². The lowest BCUT2D eigenvalue weighted by Crippen LogP contribution is -2.43. The summed E-state index contributed by atoms with van der Waals surface area (Å²) >= 11 is 1.49. The number of piperidine rings is 1. The van der Waals surface area contributed by atoms with Crippen molar-refractivity contribution in [3.05, 3.63) is 30.3 Å². The van der Waals surface area contributed by atoms with Gasteiger partial charge in [-0.3, -0.25) is 14.7 Å². The number of amides is 3. The zero-order chi connectivity index (χ0) is 21.5. The second-order valence-electron chi connectivity index (χ2n) is 8.10. The van der Waals surface area contributed by atoms with E-state index in [0.717, 1.165) is 68.4 Å². The number of imide groups is 1. The van der Waals surface area contributed by atoms with Crippen molar-refractivity contribution in [1.29, 1.82) is 0 Å². The number of nitrogens with zero attached hydrogens (tertiary/aromatic N) is 4. The Labute approximate surface area is 187 Å². The Morgan fingerprint density at radius 2 is 1.74 bits per heavy atom. The van der Waals surface area contributed by atoms with Crippen LogP contribution in [0, 0.1) is 0 Å². The molecule has 0 radical (unpaired) electrons. The van der Waals surface area contributed by atoms with Crippen LogP contribution in [-0.4, -0.2) is 51.6 Å². The summed E-state index contributed by atoms with van der Waals surface area (Å²) in [5.41, 5.74) is 1.01. The molecule has 2 heterocycles. The maximum absolute atomic E-state index is 12.2. The van der Waals surface area contributed by atoms with Crippen LogP contribution in [0.1, 0.15) is 51.4 Å². The summed E-state index contributed by atoms with van der Waals surface area (Å²) < 4.78 is 2.07. The summed E-state index contributed by atoms with van der Waals surface area (Å²) in [5, 5.41) is 15.0. The van der Waals surface area contributed by atoms with Crippen LogP contribution < -0.4 is 15.5 Å². The van der Waals surface area contributed by atoms with Gasteiger partial charge in [-0.05, 0) is 44.2 Å². The predicted molar refractivity (Wildman–Crippen MR) is 122 cm³/mol. The Morgan fingerprint density at radius 1 is 1.00 bits per heavy atom. The molecule has 0 atom stereocenters. The predicted octanol–water partition coefficient (Wildman–Crippen LogP) is 3.51. The van der Waals surface area contributed by atoms with Crippen LogP contribution in [0.3, 0.4) is 0 Å². The van der Waals surface area contributed by atoms with E-state index >= 15 is 0 Å². The molecule has 1 aliphatic heterocycles. The first-order chi connectivity index (χ1) is 15.2. The van der Waals surface area contributed by atoms with Crippen LogP contribution in [0.4, 0.5) is 10.7 Å². The summed E-state index contributed by atoms with van der Waals surface area (Å²) in [7, 11) is 0. The van der Waals surface area contributed by atoms with E-state index in [1.54, 1.807) is 0 Å². The van der Waals surface area contributed by atoms with Gasteiger partial charge in [-0.1, -0.05) is 42.8 Å². The summed E-state index contributed by atoms with van der Waals surface area (Å²) in [6.07, 6.45) is 8.07. The third kappa shape index (κ3) is 5.78. The molecule has 8 nitrogen and oxygen atoms in total. The highest BCUT2D eigenvalue weighted by molar-refractivity contribution is 7.99. The normalized spacial score (nSPS) is 17.0. The van der Waals surface area contributed by atoms with E-state index in [9.17, 15) is 9.59 Å². The van der Waals surface area contributed by atoms with Gasteiger partial charge in [0.2, 0.25) is 11.9 Å². The van der Waals surface area contributed by atoms with Crippen LogP contribution in [0.15, 0.2) is 35.5 Å². The molecule has 31 heavy (non-hydrogen) atoms. The number of aromatic nitrogens is 3. The molecule has 2 N–H and O–H groups in total. The molecular formula is C22H30N6O2S. The Bertz CT molecular complexity index is 875. The van der Waals surface area contributed by atoms with Crippen molar-refractivity contribution in [1.82, 2.24) is 25.4 Å². The SMILES string of the molecule is O=C(CCSc1nnc(N2CCCCC2)n1-c1ccccc1)NC(=O)NC1CCCC1. The highest BCUT2D eigenvalue weighted by atomic mass is 32.2. The third-order valence-corrected chi connectivity index (χ3v) is 6.70. The van der Waals surface area contributed by atoms with Crippen LogP contribution in [-0.2, 0) is 4.79 Å². The van der Waals surface area contributed by atoms with Crippen molar-refractivity contribution in [3.8, 4) is 5.69 Å². The highest BCUT2D eigenvalue weighted by Crippen LogP contribution is 2.28. The average Bonchev–Trinajstić information content (AvgIpc) is 3.45. The van der Waals surface area contributed by atoms with E-state index in [1.807, 2.05) is 30.3 Å². The summed E-state index contributed by atoms with van der Waals surface area (Å²) in [6.45, 7) is 1.96. The van der Waals surface area contributed by atoms with Gasteiger partial charge >= 0.3 is 6.03 Å². The number of urea groups is 1. The molecule has 1 saturated heterocycles. The average molecular weight is 443 g/mol. The third-order valence-electron chi connectivity index (χ3n) is 5.77. The van der Waals surface area contributed by atoms with Crippen molar-refractivity contribution in [2.75, 3.05) is 23.7 Å². The zero-order valence-corrected chi connectivity index (χ0v) is 18.6. The molecule has 3 amide bonds. The molecule has 4 rings (SSSR count). The number of benzene rings is 1. The number of anilines is 1. The van der Waals surface area contributed by atoms with Crippen molar-refractivity contribution >= 4 is 29.6 Å². The van der Waals surface area contributed by atoms with E-state index in [4.69, 9.17) is 0 Å². The summed E-state index contributed by atoms with van der Waals surface area (Å²) in [5.74, 6) is 1.10. The first-order valence-corrected chi connectivity index (χ1v) is 12.2. The molecule has 2 aliphatic rings. The number of hydrogen-bond acceptors (Lipinski definition) is 6. The number of rotatable bonds is 7. The Kier molecular flexibility index (Phi) is 7.45. The maximum Gasteiger partial charge on any atom is 0.321 e. The van der Waals surface area contributed by atoms with Crippen molar-refractivity contribution in [3.63, 3.8) is 0 Å². The first-order valence-electron chi connectivity index (χ1n) is 11.2. The van der Waals surface area contributed by atoms with Gasteiger partial charge in [-0.15, -0.1) is 10.2 Å². The fourth-order valence-corrected chi connectivity index (χ4v) is 5.06. The second kappa shape index (κ2) is 10.7. The maximum atomic E-state index is 12.2. The minimum absolute atomic E-state index is 0.194. The van der Waals surface area contributed by atoms with Gasteiger partial charge in [-0.2, -0.15) is 0 Å². The second-order valence-corrected chi connectivity index (χ2v) is 9.16. The molecule has 1 saturated carbocycles. The molecule has 1 aromatic carbocycles. The van der Waals surface area contributed by atoms with Crippen molar-refractivity contribution in [2.24, 2.45) is 0 Å². The van der Waals surface area contributed by atoms with Gasteiger partial charge in [0.15, 0.2) is 5.16 Å². The van der Waals surface area contributed by atoms with Gasteiger partial charge in [0, 0.05) is 31.3 Å². The Hall–Kier alpha value is -2.55. The van der Waals surface area contributed by atoms with Gasteiger partial charge in [0.25, 0.3) is 0 Å². The van der Waals surface area contributed by atoms with E-state index < -0.39 is 0 Å². The van der Waals surface area contributed by atoms with Crippen LogP contribution >= 0.6 is 11.8 Å². The monoisotopic (exact) mass is 442 g/mol. The molecule has 1 aliphatic carbocycles. The zero-order valence-electron chi connectivity index (χ0n) is 17.8. The van der Waals surface area contributed by atoms with Gasteiger partial charge < -0.3 is 10.2 Å². The summed E-state index contributed by atoms with van der Waals surface area (Å²) in [6, 6.07) is 9.88. The van der Waals surface area contributed by atoms with Gasteiger partial charge in [0.1, 0.15) is 0 Å². The Morgan fingerprint density at radius 3 is 2.48 bits per heavy atom. The molecule has 166 valence electrons. The topological polar surface area (TPSA) is 92.2 Å². The van der Waals surface area contributed by atoms with Crippen LogP contribution in [0.25, 0.3) is 5.69 Å². The molecule has 9 heteroatoms. The standard InChI is InChI=1S/C22H30N6O2S/c29-19(24-20(30)23-17-9-5-6-10-17)13-16-31-22-26-25-21(27-14-7-2-8-15-27)28(22)18-11-3-1-4-12-18/h1,3-4,11-12,17H,2,5-10,13-16H2,(H2,23,24,29,30). The van der Waals surface area contributed by atoms with Crippen LogP contribution in [0.2, 0.25) is 0 Å². The lowest BCUT2D eigenvalue weighted by molar-refractivity contribution is -0.119. The first kappa shape index (κ1) is 21.7. The lowest BCUT2D eigenvalue weighted by Gasteiger charge is -2.27. The minimum Gasteiger partial charge on any atom is -0.341 e. The molecule has 2 aromatic rings. The lowest BCUT2D eigenvalue weighted by atomic mass is 10.1. The molecular weight excluding hydrogens is 412 g/mol. The minimum atomic E-state index is -0.387. The molecule has 0 unspecified atom stereocenters. The summed E-state index contributed by atoms with van der Waals surface area (Å²) in [4.78, 5) is 26.5. The number of thioether (sulfide) groups is 1. The number of para-hydroxylation sites is 1. The largest absolute Gasteiger partial charge is 0.341 e. The number of carbonyl (C=O) groups excluding carboxylic acids is 2. The number of hydrogen-bond donors (Lipinski definition) is 2. The quantitative estimate of drug-likeness (QED) is 0.638. The van der Waals surface area contributed by atoms with Crippen molar-refractivity contribution < 1.29 is 9.59 Å². The molecule has 1 aromatic heterocycles. The molecule has 0 spiro atoms. The number of nitrogens with one attached hydrogen (secondary N) is 2. The molecule has 2 fully saturated rings. The van der Waals surface area contributed by atoms with Crippen LogP contribution in [0.5, 0.6) is 0 Å². The highest BCUT2D eigenvalue weighted by Gasteiger charge is 2.22. The van der Waals surface area contributed by atoms with E-state index in [-0.39, 0.29) is 24.4 Å². The van der Waals surface area contributed by atoms with Crippen molar-refractivity contribution in [2.45, 2.75) is 62.6 Å². The molecule has 0 bridgehead atoms. The van der Waals surface area contributed by atoms with Gasteiger partial charge in [0.05, 0.1) is 5.69 Å². The van der Waals surface area contributed by atoms with E-state index in [0.29, 0.717) is 5.75 Å². The fraction of sp³-hybridized carbons (Fsp3) is 0.545. The van der Waals surface area contributed by atoms with E-state index in [2.05, 4.69) is 30.3 Å². The number of carbonyl (C=O) groups is 2. The fourth-order valence-electron chi connectivity index (χ4n) is 4.17. The Balaban J connectivity index is 1.36. The van der Waals surface area contributed by atoms with E-state index in [1.165, 1.54) is 18.2 Å².